The summed E-state index contributed by atoms with van der Waals surface area (Å²) in [4.78, 5) is 17.4. The standard InChI is InChI=1S/C13H21N3O2S2/c1-16(2)13(17)19-11-14-12(20-15-11)18-10-8-6-4-3-5-7-9-10/h10H,3-9H2,1-2H3. The number of carbonyl (C=O) groups excluding carboxylic acids is 1. The van der Waals surface area contributed by atoms with E-state index in [0.29, 0.717) is 10.4 Å². The molecule has 7 heteroatoms. The Labute approximate surface area is 128 Å². The van der Waals surface area contributed by atoms with Gasteiger partial charge < -0.3 is 9.64 Å². The first kappa shape index (κ1) is 15.6. The van der Waals surface area contributed by atoms with E-state index in [-0.39, 0.29) is 11.3 Å². The van der Waals surface area contributed by atoms with Gasteiger partial charge in [0, 0.05) is 37.4 Å². The molecule has 0 atom stereocenters. The van der Waals surface area contributed by atoms with Crippen molar-refractivity contribution in [3.8, 4) is 5.19 Å². The van der Waals surface area contributed by atoms with Crippen LogP contribution in [0.1, 0.15) is 44.9 Å². The monoisotopic (exact) mass is 315 g/mol. The van der Waals surface area contributed by atoms with Gasteiger partial charge in [-0.1, -0.05) is 19.3 Å². The van der Waals surface area contributed by atoms with Crippen molar-refractivity contribution in [1.82, 2.24) is 14.3 Å². The number of aromatic nitrogens is 2. The van der Waals surface area contributed by atoms with Crippen LogP contribution in [0.5, 0.6) is 5.19 Å². The molecule has 0 unspecified atom stereocenters. The summed E-state index contributed by atoms with van der Waals surface area (Å²) in [6.45, 7) is 0. The second-order valence-electron chi connectivity index (χ2n) is 5.19. The van der Waals surface area contributed by atoms with Crippen molar-refractivity contribution in [3.05, 3.63) is 0 Å². The van der Waals surface area contributed by atoms with E-state index in [1.54, 1.807) is 14.1 Å². The predicted octanol–water partition coefficient (Wildman–Crippen LogP) is 3.80. The normalized spacial score (nSPS) is 17.3. The lowest BCUT2D eigenvalue weighted by molar-refractivity contribution is 0.165. The molecule has 20 heavy (non-hydrogen) atoms. The van der Waals surface area contributed by atoms with Crippen molar-refractivity contribution in [1.29, 1.82) is 0 Å². The number of rotatable bonds is 3. The van der Waals surface area contributed by atoms with Crippen LogP contribution >= 0.6 is 23.3 Å². The molecule has 0 saturated heterocycles. The van der Waals surface area contributed by atoms with E-state index >= 15 is 0 Å². The van der Waals surface area contributed by atoms with Gasteiger partial charge in [-0.25, -0.2) is 0 Å². The number of thioether (sulfide) groups is 1. The van der Waals surface area contributed by atoms with Gasteiger partial charge in [0.05, 0.1) is 0 Å². The average molecular weight is 315 g/mol. The van der Waals surface area contributed by atoms with Gasteiger partial charge in [-0.15, -0.1) is 0 Å². The maximum atomic E-state index is 11.6. The van der Waals surface area contributed by atoms with E-state index in [4.69, 9.17) is 4.74 Å². The van der Waals surface area contributed by atoms with Gasteiger partial charge in [0.25, 0.3) is 10.4 Å². The predicted molar refractivity (Wildman–Crippen MR) is 81.6 cm³/mol. The largest absolute Gasteiger partial charge is 0.466 e. The quantitative estimate of drug-likeness (QED) is 0.794. The van der Waals surface area contributed by atoms with Crippen LogP contribution in [0.25, 0.3) is 0 Å². The lowest BCUT2D eigenvalue weighted by atomic mass is 9.99. The maximum absolute atomic E-state index is 11.6. The Morgan fingerprint density at radius 3 is 2.55 bits per heavy atom. The molecule has 5 nitrogen and oxygen atoms in total. The fourth-order valence-electron chi connectivity index (χ4n) is 2.13. The number of nitrogens with zero attached hydrogens (tertiary/aromatic N) is 3. The highest BCUT2D eigenvalue weighted by Crippen LogP contribution is 2.27. The minimum absolute atomic E-state index is 0.0692. The molecule has 112 valence electrons. The molecule has 1 amide bonds. The van der Waals surface area contributed by atoms with Crippen molar-refractivity contribution in [2.75, 3.05) is 14.1 Å². The van der Waals surface area contributed by atoms with Crippen LogP contribution < -0.4 is 4.74 Å². The van der Waals surface area contributed by atoms with Gasteiger partial charge in [0.1, 0.15) is 6.10 Å². The van der Waals surface area contributed by atoms with Gasteiger partial charge in [-0.2, -0.15) is 9.36 Å². The molecule has 1 aromatic rings. The molecule has 1 aliphatic carbocycles. The van der Waals surface area contributed by atoms with E-state index in [1.165, 1.54) is 48.5 Å². The Morgan fingerprint density at radius 2 is 1.90 bits per heavy atom. The molecular weight excluding hydrogens is 294 g/mol. The Kier molecular flexibility index (Phi) is 6.09. The van der Waals surface area contributed by atoms with Crippen LogP contribution in [0.4, 0.5) is 4.79 Å². The first-order chi connectivity index (χ1) is 9.65. The summed E-state index contributed by atoms with van der Waals surface area (Å²) in [7, 11) is 3.43. The van der Waals surface area contributed by atoms with E-state index in [0.717, 1.165) is 24.6 Å². The fourth-order valence-corrected chi connectivity index (χ4v) is 3.42. The third-order valence-electron chi connectivity index (χ3n) is 3.25. The van der Waals surface area contributed by atoms with Crippen LogP contribution in [0, 0.1) is 0 Å². The summed E-state index contributed by atoms with van der Waals surface area (Å²) in [6, 6.07) is 0. The highest BCUT2D eigenvalue weighted by Gasteiger charge is 2.17. The number of amides is 1. The zero-order chi connectivity index (χ0) is 14.4. The Bertz CT molecular complexity index is 429. The highest BCUT2D eigenvalue weighted by atomic mass is 32.2. The van der Waals surface area contributed by atoms with Crippen LogP contribution in [-0.4, -0.2) is 39.7 Å². The average Bonchev–Trinajstić information content (AvgIpc) is 2.79. The molecule has 1 aliphatic rings. The summed E-state index contributed by atoms with van der Waals surface area (Å²) in [5, 5.41) is 1.000. The SMILES string of the molecule is CN(C)C(=O)Sc1nsc(OC2CCCCCCC2)n1. The van der Waals surface area contributed by atoms with Crippen molar-refractivity contribution in [2.45, 2.75) is 56.2 Å². The zero-order valence-electron chi connectivity index (χ0n) is 12.0. The lowest BCUT2D eigenvalue weighted by Crippen LogP contribution is -2.17. The minimum Gasteiger partial charge on any atom is -0.466 e. The van der Waals surface area contributed by atoms with Crippen LogP contribution in [0.15, 0.2) is 5.16 Å². The third-order valence-corrected chi connectivity index (χ3v) is 4.88. The summed E-state index contributed by atoms with van der Waals surface area (Å²) in [5.74, 6) is 0. The van der Waals surface area contributed by atoms with Gasteiger partial charge in [-0.05, 0) is 25.7 Å². The van der Waals surface area contributed by atoms with Crippen molar-refractivity contribution in [2.24, 2.45) is 0 Å². The van der Waals surface area contributed by atoms with Crippen molar-refractivity contribution < 1.29 is 9.53 Å². The molecule has 1 saturated carbocycles. The smallest absolute Gasteiger partial charge is 0.294 e. The molecule has 2 rings (SSSR count). The van der Waals surface area contributed by atoms with Crippen LogP contribution in [0.2, 0.25) is 0 Å². The second-order valence-corrected chi connectivity index (χ2v) is 6.82. The molecule has 0 radical (unpaired) electrons. The number of hydrogen-bond acceptors (Lipinski definition) is 6. The van der Waals surface area contributed by atoms with Gasteiger partial charge >= 0.3 is 0 Å². The first-order valence-corrected chi connectivity index (χ1v) is 8.63. The van der Waals surface area contributed by atoms with Crippen molar-refractivity contribution >= 4 is 28.5 Å². The molecule has 1 fully saturated rings. The minimum atomic E-state index is -0.0692. The highest BCUT2D eigenvalue weighted by molar-refractivity contribution is 8.13. The van der Waals surface area contributed by atoms with Gasteiger partial charge in [-0.3, -0.25) is 4.79 Å². The Balaban J connectivity index is 1.86. The van der Waals surface area contributed by atoms with E-state index in [2.05, 4.69) is 9.36 Å². The topological polar surface area (TPSA) is 55.3 Å². The van der Waals surface area contributed by atoms with Gasteiger partial charge in [0.15, 0.2) is 0 Å². The first-order valence-electron chi connectivity index (χ1n) is 7.04. The number of hydrogen-bond donors (Lipinski definition) is 0. The second kappa shape index (κ2) is 7.83. The molecular formula is C13H21N3O2S2. The third kappa shape index (κ3) is 4.94. The summed E-state index contributed by atoms with van der Waals surface area (Å²) in [6.07, 6.45) is 8.85. The molecule has 0 aliphatic heterocycles. The lowest BCUT2D eigenvalue weighted by Gasteiger charge is -2.19. The molecule has 1 aromatic heterocycles. The molecule has 0 bridgehead atoms. The van der Waals surface area contributed by atoms with Gasteiger partial charge in [0.2, 0.25) is 5.16 Å². The number of carbonyl (C=O) groups is 1. The van der Waals surface area contributed by atoms with E-state index in [1.807, 2.05) is 0 Å². The fraction of sp³-hybridized carbons (Fsp3) is 0.769. The van der Waals surface area contributed by atoms with E-state index in [9.17, 15) is 4.79 Å². The Morgan fingerprint density at radius 1 is 1.25 bits per heavy atom. The molecule has 0 N–H and O–H groups in total. The van der Waals surface area contributed by atoms with Crippen LogP contribution in [-0.2, 0) is 0 Å². The zero-order valence-corrected chi connectivity index (χ0v) is 13.6. The molecule has 1 heterocycles. The molecule has 0 spiro atoms. The maximum Gasteiger partial charge on any atom is 0.294 e. The van der Waals surface area contributed by atoms with Crippen molar-refractivity contribution in [3.63, 3.8) is 0 Å². The summed E-state index contributed by atoms with van der Waals surface area (Å²) < 4.78 is 10.1. The Hall–Kier alpha value is -0.820. The van der Waals surface area contributed by atoms with Crippen LogP contribution in [0.3, 0.4) is 0 Å². The molecule has 0 aromatic carbocycles. The summed E-state index contributed by atoms with van der Waals surface area (Å²) >= 11 is 2.27. The summed E-state index contributed by atoms with van der Waals surface area (Å²) in [5.41, 5.74) is 0. The van der Waals surface area contributed by atoms with E-state index < -0.39 is 0 Å². The number of ether oxygens (including phenoxy) is 1.